The van der Waals surface area contributed by atoms with Gasteiger partial charge in [-0.2, -0.15) is 5.10 Å². The molecule has 0 aliphatic rings. The Morgan fingerprint density at radius 3 is 2.30 bits per heavy atom. The Balaban J connectivity index is 0.000000527. The van der Waals surface area contributed by atoms with Crippen molar-refractivity contribution in [1.29, 1.82) is 0 Å². The molecule has 0 bridgehead atoms. The maximum Gasteiger partial charge on any atom is 0.264 e. The topological polar surface area (TPSA) is 30.3 Å². The highest BCUT2D eigenvalue weighted by atomic mass is 19.3. The highest BCUT2D eigenvalue weighted by Crippen LogP contribution is 2.33. The number of ether oxygens (including phenoxy) is 1. The van der Waals surface area contributed by atoms with Crippen molar-refractivity contribution in [2.75, 3.05) is 27.2 Å². The molecule has 1 heterocycles. The van der Waals surface area contributed by atoms with Crippen molar-refractivity contribution in [2.24, 2.45) is 7.05 Å². The van der Waals surface area contributed by atoms with Crippen LogP contribution in [-0.2, 0) is 7.05 Å². The molecule has 0 unspecified atom stereocenters. The molecule has 2 aromatic rings. The molecule has 1 aromatic carbocycles. The third-order valence-corrected chi connectivity index (χ3v) is 4.04. The molecule has 0 aliphatic carbocycles. The van der Waals surface area contributed by atoms with Gasteiger partial charge in [0.2, 0.25) is 0 Å². The predicted octanol–water partition coefficient (Wildman–Crippen LogP) is 5.55. The minimum atomic E-state index is -2.53. The number of hydrogen-bond donors (Lipinski definition) is 0. The smallest absolute Gasteiger partial charge is 0.264 e. The summed E-state index contributed by atoms with van der Waals surface area (Å²) in [5.41, 5.74) is 1.11. The predicted molar refractivity (Wildman–Crippen MR) is 107 cm³/mol. The van der Waals surface area contributed by atoms with Gasteiger partial charge in [0, 0.05) is 30.9 Å². The van der Waals surface area contributed by atoms with E-state index in [1.54, 1.807) is 36.3 Å². The first kappa shape index (κ1) is 23.1. The number of nitrogens with zero attached hydrogens (tertiary/aromatic N) is 3. The molecule has 152 valence electrons. The Morgan fingerprint density at radius 1 is 1.15 bits per heavy atom. The van der Waals surface area contributed by atoms with Gasteiger partial charge in [0.25, 0.3) is 6.43 Å². The first-order valence-electron chi connectivity index (χ1n) is 9.57. The van der Waals surface area contributed by atoms with Crippen LogP contribution in [0, 0.1) is 0 Å². The van der Waals surface area contributed by atoms with E-state index in [1.807, 2.05) is 19.0 Å². The maximum atomic E-state index is 13.1. The van der Waals surface area contributed by atoms with Crippen LogP contribution in [0.3, 0.4) is 0 Å². The van der Waals surface area contributed by atoms with Gasteiger partial charge in [0.15, 0.2) is 0 Å². The zero-order valence-corrected chi connectivity index (χ0v) is 17.2. The number of aryl methyl sites for hydroxylation is 1. The molecule has 0 N–H and O–H groups in total. The molecule has 0 fully saturated rings. The summed E-state index contributed by atoms with van der Waals surface area (Å²) in [6.45, 7) is 5.73. The van der Waals surface area contributed by atoms with Gasteiger partial charge in [-0.25, -0.2) is 8.78 Å². The lowest BCUT2D eigenvalue weighted by Crippen LogP contribution is -2.19. The third kappa shape index (κ3) is 8.52. The fraction of sp³-hybridized carbons (Fsp3) is 0.571. The van der Waals surface area contributed by atoms with Crippen LogP contribution in [-0.4, -0.2) is 41.9 Å². The second-order valence-corrected chi connectivity index (χ2v) is 6.81. The largest absolute Gasteiger partial charge is 0.492 e. The van der Waals surface area contributed by atoms with Crippen LogP contribution in [0.25, 0.3) is 11.1 Å². The van der Waals surface area contributed by atoms with E-state index in [9.17, 15) is 8.78 Å². The summed E-state index contributed by atoms with van der Waals surface area (Å²) < 4.78 is 33.5. The average molecular weight is 382 g/mol. The molecular weight excluding hydrogens is 348 g/mol. The monoisotopic (exact) mass is 381 g/mol. The molecule has 1 aromatic heterocycles. The van der Waals surface area contributed by atoms with Crippen LogP contribution in [0.15, 0.2) is 30.6 Å². The Morgan fingerprint density at radius 2 is 1.81 bits per heavy atom. The third-order valence-electron chi connectivity index (χ3n) is 4.04. The molecule has 0 saturated heterocycles. The maximum absolute atomic E-state index is 13.1. The van der Waals surface area contributed by atoms with Gasteiger partial charge >= 0.3 is 0 Å². The van der Waals surface area contributed by atoms with Crippen LogP contribution < -0.4 is 4.74 Å². The molecule has 0 amide bonds. The molecule has 27 heavy (non-hydrogen) atoms. The molecule has 0 atom stereocenters. The number of hydrogen-bond acceptors (Lipinski definition) is 3. The minimum absolute atomic E-state index is 0.0111. The fourth-order valence-electron chi connectivity index (χ4n) is 2.47. The van der Waals surface area contributed by atoms with E-state index in [0.717, 1.165) is 6.54 Å². The number of benzene rings is 1. The zero-order valence-electron chi connectivity index (χ0n) is 17.2. The Labute approximate surface area is 162 Å². The average Bonchev–Trinajstić information content (AvgIpc) is 3.06. The molecular formula is C21H33F2N3O. The number of alkyl halides is 2. The number of rotatable bonds is 9. The first-order valence-corrected chi connectivity index (χ1v) is 9.57. The van der Waals surface area contributed by atoms with E-state index in [-0.39, 0.29) is 5.56 Å². The summed E-state index contributed by atoms with van der Waals surface area (Å²) in [5.74, 6) is 0.583. The molecule has 4 nitrogen and oxygen atoms in total. The minimum Gasteiger partial charge on any atom is -0.492 e. The van der Waals surface area contributed by atoms with Gasteiger partial charge in [-0.15, -0.1) is 0 Å². The van der Waals surface area contributed by atoms with Crippen molar-refractivity contribution >= 4 is 0 Å². The van der Waals surface area contributed by atoms with Crippen molar-refractivity contribution in [3.8, 4) is 16.9 Å². The SMILES string of the molecule is CCCCCC.CN(C)CCOc1ccc(C(F)F)c(-c2cnn(C)c2)c1. The highest BCUT2D eigenvalue weighted by molar-refractivity contribution is 5.68. The van der Waals surface area contributed by atoms with E-state index >= 15 is 0 Å². The summed E-state index contributed by atoms with van der Waals surface area (Å²) in [4.78, 5) is 2.00. The molecule has 0 aliphatic heterocycles. The van der Waals surface area contributed by atoms with Gasteiger partial charge < -0.3 is 9.64 Å². The number of halogens is 2. The van der Waals surface area contributed by atoms with Gasteiger partial charge in [0.05, 0.1) is 6.20 Å². The van der Waals surface area contributed by atoms with E-state index in [4.69, 9.17) is 4.74 Å². The Bertz CT molecular complexity index is 653. The van der Waals surface area contributed by atoms with E-state index in [2.05, 4.69) is 18.9 Å². The number of aromatic nitrogens is 2. The van der Waals surface area contributed by atoms with Crippen molar-refractivity contribution in [2.45, 2.75) is 46.0 Å². The lowest BCUT2D eigenvalue weighted by molar-refractivity contribution is 0.152. The molecule has 0 radical (unpaired) electrons. The van der Waals surface area contributed by atoms with Gasteiger partial charge in [-0.1, -0.05) is 39.5 Å². The Kier molecular flexibility index (Phi) is 10.6. The van der Waals surface area contributed by atoms with E-state index in [0.29, 0.717) is 23.5 Å². The molecule has 6 heteroatoms. The van der Waals surface area contributed by atoms with Gasteiger partial charge in [-0.05, 0) is 37.9 Å². The van der Waals surface area contributed by atoms with Crippen molar-refractivity contribution < 1.29 is 13.5 Å². The van der Waals surface area contributed by atoms with Crippen LogP contribution in [0.5, 0.6) is 5.75 Å². The normalized spacial score (nSPS) is 10.9. The quantitative estimate of drug-likeness (QED) is 0.533. The summed E-state index contributed by atoms with van der Waals surface area (Å²) in [6, 6.07) is 4.64. The van der Waals surface area contributed by atoms with E-state index in [1.165, 1.54) is 31.7 Å². The molecule has 0 spiro atoms. The van der Waals surface area contributed by atoms with Crippen LogP contribution in [0.4, 0.5) is 8.78 Å². The fourth-order valence-corrected chi connectivity index (χ4v) is 2.47. The second-order valence-electron chi connectivity index (χ2n) is 6.81. The Hall–Kier alpha value is -1.95. The lowest BCUT2D eigenvalue weighted by Gasteiger charge is -2.13. The standard InChI is InChI=1S/C15H19F2N3O.C6H14/c1-19(2)6-7-21-12-4-5-13(15(16)17)14(8-12)11-9-18-20(3)10-11;1-3-5-6-4-2/h4-5,8-10,15H,6-7H2,1-3H3;3-6H2,1-2H3. The lowest BCUT2D eigenvalue weighted by atomic mass is 10.0. The van der Waals surface area contributed by atoms with Crippen molar-refractivity contribution in [1.82, 2.24) is 14.7 Å². The van der Waals surface area contributed by atoms with Crippen molar-refractivity contribution in [3.63, 3.8) is 0 Å². The summed E-state index contributed by atoms with van der Waals surface area (Å²) in [5, 5.41) is 4.03. The van der Waals surface area contributed by atoms with E-state index < -0.39 is 6.43 Å². The summed E-state index contributed by atoms with van der Waals surface area (Å²) >= 11 is 0. The van der Waals surface area contributed by atoms with Crippen LogP contribution >= 0.6 is 0 Å². The molecule has 0 saturated carbocycles. The highest BCUT2D eigenvalue weighted by Gasteiger charge is 2.16. The van der Waals surface area contributed by atoms with Crippen LogP contribution in [0.1, 0.15) is 51.5 Å². The second kappa shape index (κ2) is 12.4. The molecule has 2 rings (SSSR count). The van der Waals surface area contributed by atoms with Crippen molar-refractivity contribution in [3.05, 3.63) is 36.2 Å². The summed E-state index contributed by atoms with van der Waals surface area (Å²) in [6.07, 6.45) is 6.29. The number of likely N-dealkylation sites (N-methyl/N-ethyl adjacent to an activating group) is 1. The van der Waals surface area contributed by atoms with Gasteiger partial charge in [-0.3, -0.25) is 4.68 Å². The van der Waals surface area contributed by atoms with Crippen LogP contribution in [0.2, 0.25) is 0 Å². The van der Waals surface area contributed by atoms with Gasteiger partial charge in [0.1, 0.15) is 12.4 Å². The zero-order chi connectivity index (χ0) is 20.2. The first-order chi connectivity index (χ1) is 12.9. The number of unbranched alkanes of at least 4 members (excludes halogenated alkanes) is 3. The summed E-state index contributed by atoms with van der Waals surface area (Å²) in [7, 11) is 5.65.